The molecule has 2 saturated heterocycles. The number of aromatic nitrogens is 2. The van der Waals surface area contributed by atoms with Crippen LogP contribution in [0.3, 0.4) is 0 Å². The third kappa shape index (κ3) is 2.89. The van der Waals surface area contributed by atoms with Gasteiger partial charge >= 0.3 is 0 Å². The summed E-state index contributed by atoms with van der Waals surface area (Å²) in [6.45, 7) is 3.60. The van der Waals surface area contributed by atoms with E-state index >= 15 is 0 Å². The van der Waals surface area contributed by atoms with Crippen molar-refractivity contribution < 1.29 is 4.79 Å². The number of rotatable bonds is 2. The van der Waals surface area contributed by atoms with Crippen LogP contribution in [0.1, 0.15) is 74.0 Å². The maximum Gasteiger partial charge on any atom is 0.263 e. The molecule has 29 heavy (non-hydrogen) atoms. The van der Waals surface area contributed by atoms with Crippen molar-refractivity contribution in [2.45, 2.75) is 63.2 Å². The molecule has 2 aliphatic heterocycles. The van der Waals surface area contributed by atoms with E-state index in [1.165, 1.54) is 38.5 Å². The molecular weight excluding hydrogens is 364 g/mol. The summed E-state index contributed by atoms with van der Waals surface area (Å²) >= 11 is 0. The van der Waals surface area contributed by atoms with Gasteiger partial charge in [-0.1, -0.05) is 0 Å². The Morgan fingerprint density at radius 2 is 1.69 bits per heavy atom. The summed E-state index contributed by atoms with van der Waals surface area (Å²) in [7, 11) is 0. The van der Waals surface area contributed by atoms with E-state index in [4.69, 9.17) is 4.98 Å². The SMILES string of the molecule is O=C(c1cnc(C23CC4CC(CC(C4)C2)C3)[nH]c1=O)N1CCC2(CCNCC2)C1. The zero-order valence-corrected chi connectivity index (χ0v) is 17.2. The topological polar surface area (TPSA) is 78.1 Å². The van der Waals surface area contributed by atoms with Crippen molar-refractivity contribution in [3.8, 4) is 0 Å². The van der Waals surface area contributed by atoms with Gasteiger partial charge in [-0.15, -0.1) is 0 Å². The van der Waals surface area contributed by atoms with Crippen molar-refractivity contribution >= 4 is 5.91 Å². The van der Waals surface area contributed by atoms with Crippen LogP contribution in [0.25, 0.3) is 0 Å². The lowest BCUT2D eigenvalue weighted by atomic mass is 9.49. The van der Waals surface area contributed by atoms with Crippen LogP contribution >= 0.6 is 0 Å². The lowest BCUT2D eigenvalue weighted by Gasteiger charge is -2.56. The Labute approximate surface area is 171 Å². The number of hydrogen-bond acceptors (Lipinski definition) is 4. The molecule has 0 radical (unpaired) electrons. The van der Waals surface area contributed by atoms with E-state index in [-0.39, 0.29) is 27.9 Å². The van der Waals surface area contributed by atoms with Crippen molar-refractivity contribution in [2.24, 2.45) is 23.2 Å². The van der Waals surface area contributed by atoms with Gasteiger partial charge in [0.05, 0.1) is 0 Å². The second-order valence-corrected chi connectivity index (χ2v) is 10.9. The molecule has 6 heteroatoms. The maximum absolute atomic E-state index is 13.1. The Morgan fingerprint density at radius 3 is 2.31 bits per heavy atom. The van der Waals surface area contributed by atoms with E-state index in [0.717, 1.165) is 69.0 Å². The largest absolute Gasteiger partial charge is 0.338 e. The third-order valence-electron chi connectivity index (χ3n) is 8.96. The third-order valence-corrected chi connectivity index (χ3v) is 8.96. The van der Waals surface area contributed by atoms with Gasteiger partial charge in [-0.25, -0.2) is 4.98 Å². The summed E-state index contributed by atoms with van der Waals surface area (Å²) < 4.78 is 0. The van der Waals surface area contributed by atoms with Crippen molar-refractivity contribution in [3.63, 3.8) is 0 Å². The first-order valence-corrected chi connectivity index (χ1v) is 11.6. The minimum absolute atomic E-state index is 0.0578. The molecule has 6 aliphatic rings. The van der Waals surface area contributed by atoms with Gasteiger partial charge in [0.25, 0.3) is 11.5 Å². The normalized spacial score (nSPS) is 37.4. The number of nitrogens with zero attached hydrogens (tertiary/aromatic N) is 2. The molecule has 2 N–H and O–H groups in total. The number of amides is 1. The molecule has 1 spiro atoms. The van der Waals surface area contributed by atoms with Crippen molar-refractivity contribution in [3.05, 3.63) is 27.9 Å². The van der Waals surface area contributed by atoms with Crippen LogP contribution < -0.4 is 10.9 Å². The standard InChI is InChI=1S/C23H32N4O2/c28-19-18(20(29)27-6-3-22(14-27)1-4-24-5-2-22)13-25-21(26-19)23-10-15-7-16(11-23)9-17(8-15)12-23/h13,15-17,24H,1-12,14H2,(H,25,26,28). The minimum Gasteiger partial charge on any atom is -0.338 e. The highest BCUT2D eigenvalue weighted by atomic mass is 16.2. The zero-order chi connectivity index (χ0) is 19.6. The van der Waals surface area contributed by atoms with Gasteiger partial charge in [-0.05, 0) is 94.0 Å². The van der Waals surface area contributed by atoms with Gasteiger partial charge in [0.2, 0.25) is 0 Å². The van der Waals surface area contributed by atoms with Gasteiger partial charge in [0.15, 0.2) is 0 Å². The highest BCUT2D eigenvalue weighted by molar-refractivity contribution is 5.93. The van der Waals surface area contributed by atoms with Crippen molar-refractivity contribution in [2.75, 3.05) is 26.2 Å². The van der Waals surface area contributed by atoms with Gasteiger partial charge in [0.1, 0.15) is 11.4 Å². The van der Waals surface area contributed by atoms with Crippen LogP contribution in [-0.2, 0) is 5.41 Å². The summed E-state index contributed by atoms with van der Waals surface area (Å²) in [5.74, 6) is 3.14. The molecule has 4 saturated carbocycles. The molecule has 6 nitrogen and oxygen atoms in total. The molecule has 4 bridgehead atoms. The number of carbonyl (C=O) groups is 1. The Kier molecular flexibility index (Phi) is 4.00. The summed E-state index contributed by atoms with van der Waals surface area (Å²) in [6, 6.07) is 0. The molecule has 7 rings (SSSR count). The highest BCUT2D eigenvalue weighted by Gasteiger charge is 2.53. The summed E-state index contributed by atoms with van der Waals surface area (Å²) in [5, 5.41) is 3.41. The first-order valence-electron chi connectivity index (χ1n) is 11.6. The van der Waals surface area contributed by atoms with Gasteiger partial charge in [-0.3, -0.25) is 9.59 Å². The van der Waals surface area contributed by atoms with Crippen molar-refractivity contribution in [1.29, 1.82) is 0 Å². The van der Waals surface area contributed by atoms with E-state index in [1.807, 2.05) is 4.90 Å². The number of likely N-dealkylation sites (tertiary alicyclic amines) is 1. The van der Waals surface area contributed by atoms with Crippen LogP contribution in [0.5, 0.6) is 0 Å². The first kappa shape index (κ1) is 18.1. The number of piperidine rings is 1. The molecule has 1 amide bonds. The zero-order valence-electron chi connectivity index (χ0n) is 17.2. The summed E-state index contributed by atoms with van der Waals surface area (Å²) in [5.41, 5.74) is 0.300. The molecule has 0 atom stereocenters. The fourth-order valence-corrected chi connectivity index (χ4v) is 7.86. The lowest BCUT2D eigenvalue weighted by Crippen LogP contribution is -2.50. The molecular formula is C23H32N4O2. The molecule has 1 aromatic heterocycles. The van der Waals surface area contributed by atoms with Crippen LogP contribution in [0.15, 0.2) is 11.0 Å². The Balaban J connectivity index is 1.24. The average molecular weight is 397 g/mol. The summed E-state index contributed by atoms with van der Waals surface area (Å²) in [6.07, 6.45) is 12.5. The second kappa shape index (κ2) is 6.40. The van der Waals surface area contributed by atoms with E-state index < -0.39 is 0 Å². The minimum atomic E-state index is -0.234. The van der Waals surface area contributed by atoms with Crippen molar-refractivity contribution in [1.82, 2.24) is 20.2 Å². The fourth-order valence-electron chi connectivity index (χ4n) is 7.86. The second-order valence-electron chi connectivity index (χ2n) is 10.9. The number of hydrogen-bond donors (Lipinski definition) is 2. The number of carbonyl (C=O) groups excluding carboxylic acids is 1. The molecule has 6 fully saturated rings. The average Bonchev–Trinajstić information content (AvgIpc) is 3.10. The monoisotopic (exact) mass is 396 g/mol. The van der Waals surface area contributed by atoms with Gasteiger partial charge in [-0.2, -0.15) is 0 Å². The van der Waals surface area contributed by atoms with E-state index in [1.54, 1.807) is 6.20 Å². The maximum atomic E-state index is 13.1. The predicted octanol–water partition coefficient (Wildman–Crippen LogP) is 2.45. The summed E-state index contributed by atoms with van der Waals surface area (Å²) in [4.78, 5) is 35.7. The van der Waals surface area contributed by atoms with Crippen LogP contribution in [0, 0.1) is 23.2 Å². The quantitative estimate of drug-likeness (QED) is 0.805. The van der Waals surface area contributed by atoms with E-state index in [9.17, 15) is 9.59 Å². The van der Waals surface area contributed by atoms with Crippen LogP contribution in [-0.4, -0.2) is 47.0 Å². The van der Waals surface area contributed by atoms with E-state index in [2.05, 4.69) is 10.3 Å². The number of H-pyrrole nitrogens is 1. The predicted molar refractivity (Wildman–Crippen MR) is 110 cm³/mol. The van der Waals surface area contributed by atoms with E-state index in [0.29, 0.717) is 0 Å². The lowest BCUT2D eigenvalue weighted by molar-refractivity contribution is -0.00954. The first-order chi connectivity index (χ1) is 14.0. The number of nitrogens with one attached hydrogen (secondary N) is 2. The molecule has 1 aromatic rings. The molecule has 156 valence electrons. The highest BCUT2D eigenvalue weighted by Crippen LogP contribution is 2.59. The smallest absolute Gasteiger partial charge is 0.263 e. The van der Waals surface area contributed by atoms with Gasteiger partial charge in [0, 0.05) is 24.7 Å². The fraction of sp³-hybridized carbons (Fsp3) is 0.783. The molecule has 0 aromatic carbocycles. The Hall–Kier alpha value is -1.69. The Morgan fingerprint density at radius 1 is 1.03 bits per heavy atom. The van der Waals surface area contributed by atoms with Gasteiger partial charge < -0.3 is 15.2 Å². The molecule has 4 aliphatic carbocycles. The van der Waals surface area contributed by atoms with Crippen LogP contribution in [0.4, 0.5) is 0 Å². The number of aromatic amines is 1. The molecule has 0 unspecified atom stereocenters. The molecule has 3 heterocycles. The van der Waals surface area contributed by atoms with Crippen LogP contribution in [0.2, 0.25) is 0 Å². The Bertz CT molecular complexity index is 850.